The fourth-order valence-electron chi connectivity index (χ4n) is 1.47. The second-order valence-electron chi connectivity index (χ2n) is 3.12. The number of hydrogen-bond acceptors (Lipinski definition) is 3. The lowest BCUT2D eigenvalue weighted by atomic mass is 10.1. The summed E-state index contributed by atoms with van der Waals surface area (Å²) in [4.78, 5) is 15.7. The Morgan fingerprint density at radius 1 is 1.38 bits per heavy atom. The minimum atomic E-state index is -0.129. The van der Waals surface area contributed by atoms with Gasteiger partial charge in [0, 0.05) is 17.1 Å². The van der Waals surface area contributed by atoms with Crippen LogP contribution in [0.2, 0.25) is 5.02 Å². The van der Waals surface area contributed by atoms with E-state index in [9.17, 15) is 4.79 Å². The molecule has 0 aliphatic heterocycles. The molecule has 0 spiro atoms. The highest BCUT2D eigenvalue weighted by Crippen LogP contribution is 2.24. The third-order valence-electron chi connectivity index (χ3n) is 2.20. The first kappa shape index (κ1) is 12.9. The highest BCUT2D eigenvalue weighted by Gasteiger charge is 2.10. The van der Waals surface area contributed by atoms with Crippen molar-refractivity contribution in [2.24, 2.45) is 5.73 Å². The van der Waals surface area contributed by atoms with Crippen LogP contribution in [0.15, 0.2) is 30.5 Å². The predicted molar refractivity (Wildman–Crippen MR) is 67.4 cm³/mol. The maximum atomic E-state index is 11.5. The zero-order valence-electron chi connectivity index (χ0n) is 8.31. The van der Waals surface area contributed by atoms with Crippen LogP contribution in [0.25, 0.3) is 10.9 Å². The van der Waals surface area contributed by atoms with Gasteiger partial charge in [-0.15, -0.1) is 12.4 Å². The Morgan fingerprint density at radius 2 is 2.12 bits per heavy atom. The van der Waals surface area contributed by atoms with Gasteiger partial charge >= 0.3 is 0 Å². The van der Waals surface area contributed by atoms with Gasteiger partial charge in [-0.05, 0) is 24.3 Å². The summed E-state index contributed by atoms with van der Waals surface area (Å²) >= 11 is 5.99. The summed E-state index contributed by atoms with van der Waals surface area (Å²) in [5, 5.41) is 1.37. The molecule has 2 N–H and O–H groups in total. The molecule has 0 unspecified atom stereocenters. The standard InChI is InChI=1S/C11H9ClN2O.ClH/c12-9-4-3-8(10(15)6-13)11-7(9)2-1-5-14-11;/h1-5H,6,13H2;1H. The number of ketones is 1. The number of carbonyl (C=O) groups excluding carboxylic acids is 1. The van der Waals surface area contributed by atoms with Gasteiger partial charge < -0.3 is 5.73 Å². The van der Waals surface area contributed by atoms with Crippen LogP contribution in [0, 0.1) is 0 Å². The van der Waals surface area contributed by atoms with Crippen LogP contribution < -0.4 is 5.73 Å². The summed E-state index contributed by atoms with van der Waals surface area (Å²) in [7, 11) is 0. The third kappa shape index (κ3) is 2.16. The number of rotatable bonds is 2. The van der Waals surface area contributed by atoms with Gasteiger partial charge in [0.15, 0.2) is 5.78 Å². The topological polar surface area (TPSA) is 56.0 Å². The number of Topliss-reactive ketones (excluding diaryl/α,β-unsaturated/α-hetero) is 1. The van der Waals surface area contributed by atoms with Crippen molar-refractivity contribution in [3.05, 3.63) is 41.0 Å². The van der Waals surface area contributed by atoms with Gasteiger partial charge in [0.2, 0.25) is 0 Å². The molecule has 0 radical (unpaired) electrons. The number of fused-ring (bicyclic) bond motifs is 1. The molecular weight excluding hydrogens is 247 g/mol. The average molecular weight is 257 g/mol. The number of benzene rings is 1. The molecule has 0 fully saturated rings. The molecule has 0 saturated carbocycles. The van der Waals surface area contributed by atoms with E-state index in [4.69, 9.17) is 17.3 Å². The van der Waals surface area contributed by atoms with Gasteiger partial charge in [-0.3, -0.25) is 9.78 Å². The van der Waals surface area contributed by atoms with Crippen LogP contribution in [0.3, 0.4) is 0 Å². The van der Waals surface area contributed by atoms with E-state index in [-0.39, 0.29) is 24.7 Å². The molecule has 84 valence electrons. The van der Waals surface area contributed by atoms with Gasteiger partial charge in [-0.1, -0.05) is 11.6 Å². The normalized spacial score (nSPS) is 9.88. The molecule has 3 nitrogen and oxygen atoms in total. The first-order valence-corrected chi connectivity index (χ1v) is 4.88. The van der Waals surface area contributed by atoms with E-state index in [0.29, 0.717) is 16.1 Å². The maximum absolute atomic E-state index is 11.5. The second-order valence-corrected chi connectivity index (χ2v) is 3.53. The molecule has 1 heterocycles. The molecule has 1 aromatic heterocycles. The minimum absolute atomic E-state index is 0. The largest absolute Gasteiger partial charge is 0.324 e. The smallest absolute Gasteiger partial charge is 0.178 e. The zero-order valence-corrected chi connectivity index (χ0v) is 9.89. The molecule has 0 aliphatic rings. The van der Waals surface area contributed by atoms with E-state index in [1.54, 1.807) is 24.4 Å². The number of nitrogens with two attached hydrogens (primary N) is 1. The third-order valence-corrected chi connectivity index (χ3v) is 2.53. The lowest BCUT2D eigenvalue weighted by Crippen LogP contribution is -2.14. The van der Waals surface area contributed by atoms with Crippen LogP contribution in [0.5, 0.6) is 0 Å². The molecule has 1 aromatic carbocycles. The lowest BCUT2D eigenvalue weighted by molar-refractivity contribution is 0.100. The summed E-state index contributed by atoms with van der Waals surface area (Å²) in [6.45, 7) is -0.0205. The van der Waals surface area contributed by atoms with Crippen LogP contribution >= 0.6 is 24.0 Å². The van der Waals surface area contributed by atoms with Gasteiger partial charge in [0.25, 0.3) is 0 Å². The molecule has 0 aliphatic carbocycles. The van der Waals surface area contributed by atoms with E-state index in [2.05, 4.69) is 4.98 Å². The number of pyridine rings is 1. The molecule has 0 bridgehead atoms. The van der Waals surface area contributed by atoms with Crippen molar-refractivity contribution in [3.63, 3.8) is 0 Å². The number of nitrogens with zero attached hydrogens (tertiary/aromatic N) is 1. The minimum Gasteiger partial charge on any atom is -0.324 e. The zero-order chi connectivity index (χ0) is 10.8. The first-order chi connectivity index (χ1) is 7.24. The highest BCUT2D eigenvalue weighted by atomic mass is 35.5. The van der Waals surface area contributed by atoms with E-state index in [0.717, 1.165) is 5.39 Å². The van der Waals surface area contributed by atoms with Crippen molar-refractivity contribution in [1.29, 1.82) is 0 Å². The van der Waals surface area contributed by atoms with Crippen molar-refractivity contribution < 1.29 is 4.79 Å². The summed E-state index contributed by atoms with van der Waals surface area (Å²) in [5.74, 6) is -0.129. The average Bonchev–Trinajstić information content (AvgIpc) is 2.29. The lowest BCUT2D eigenvalue weighted by Gasteiger charge is -2.04. The molecule has 5 heteroatoms. The molecule has 2 rings (SSSR count). The van der Waals surface area contributed by atoms with Crippen molar-refractivity contribution >= 4 is 40.7 Å². The molecule has 0 atom stereocenters. The molecule has 2 aromatic rings. The molecule has 16 heavy (non-hydrogen) atoms. The van der Waals surface area contributed by atoms with Crippen LogP contribution in [0.4, 0.5) is 0 Å². The van der Waals surface area contributed by atoms with E-state index in [1.807, 2.05) is 6.07 Å². The Bertz CT molecular complexity index is 528. The van der Waals surface area contributed by atoms with Gasteiger partial charge in [-0.2, -0.15) is 0 Å². The fraction of sp³-hybridized carbons (Fsp3) is 0.0909. The second kappa shape index (κ2) is 5.25. The summed E-state index contributed by atoms with van der Waals surface area (Å²) < 4.78 is 0. The van der Waals surface area contributed by atoms with Crippen molar-refractivity contribution in [2.45, 2.75) is 0 Å². The monoisotopic (exact) mass is 256 g/mol. The Labute approximate surface area is 104 Å². The number of hydrogen-bond donors (Lipinski definition) is 1. The van der Waals surface area contributed by atoms with Gasteiger partial charge in [-0.25, -0.2) is 0 Å². The van der Waals surface area contributed by atoms with Crippen LogP contribution in [-0.4, -0.2) is 17.3 Å². The number of aromatic nitrogens is 1. The first-order valence-electron chi connectivity index (χ1n) is 4.50. The number of carbonyl (C=O) groups is 1. The SMILES string of the molecule is Cl.NCC(=O)c1ccc(Cl)c2cccnc12. The Kier molecular flexibility index (Phi) is 4.24. The van der Waals surface area contributed by atoms with Crippen molar-refractivity contribution in [2.75, 3.05) is 6.54 Å². The van der Waals surface area contributed by atoms with E-state index >= 15 is 0 Å². The molecular formula is C11H10Cl2N2O. The summed E-state index contributed by atoms with van der Waals surface area (Å²) in [6.07, 6.45) is 1.63. The van der Waals surface area contributed by atoms with Crippen LogP contribution in [0.1, 0.15) is 10.4 Å². The van der Waals surface area contributed by atoms with Gasteiger partial charge in [0.1, 0.15) is 0 Å². The molecule has 0 amide bonds. The van der Waals surface area contributed by atoms with Crippen molar-refractivity contribution in [3.8, 4) is 0 Å². The quantitative estimate of drug-likeness (QED) is 0.840. The van der Waals surface area contributed by atoms with E-state index < -0.39 is 0 Å². The fourth-order valence-corrected chi connectivity index (χ4v) is 1.69. The van der Waals surface area contributed by atoms with Crippen LogP contribution in [-0.2, 0) is 0 Å². The molecule has 0 saturated heterocycles. The predicted octanol–water partition coefficient (Wildman–Crippen LogP) is 2.45. The number of halogens is 2. The van der Waals surface area contributed by atoms with Gasteiger partial charge in [0.05, 0.1) is 17.1 Å². The van der Waals surface area contributed by atoms with E-state index in [1.165, 1.54) is 0 Å². The summed E-state index contributed by atoms with van der Waals surface area (Å²) in [6, 6.07) is 6.96. The summed E-state index contributed by atoms with van der Waals surface area (Å²) in [5.41, 5.74) is 6.46. The Morgan fingerprint density at radius 3 is 2.81 bits per heavy atom. The maximum Gasteiger partial charge on any atom is 0.178 e. The highest BCUT2D eigenvalue weighted by molar-refractivity contribution is 6.36. The Balaban J connectivity index is 0.00000128. The van der Waals surface area contributed by atoms with Crippen molar-refractivity contribution in [1.82, 2.24) is 4.98 Å². The Hall–Kier alpha value is -1.16.